The van der Waals surface area contributed by atoms with Gasteiger partial charge < -0.3 is 19.3 Å². The van der Waals surface area contributed by atoms with Crippen molar-refractivity contribution in [3.63, 3.8) is 0 Å². The lowest BCUT2D eigenvalue weighted by atomic mass is 10.00. The number of benzene rings is 2. The molecule has 0 saturated heterocycles. The molecule has 10 heteroatoms. The molecule has 1 aliphatic heterocycles. The number of ether oxygens (including phenoxy) is 1. The molecule has 4 rings (SSSR count). The van der Waals surface area contributed by atoms with E-state index >= 15 is 0 Å². The van der Waals surface area contributed by atoms with Gasteiger partial charge in [0.2, 0.25) is 0 Å². The lowest BCUT2D eigenvalue weighted by molar-refractivity contribution is -0.742. The van der Waals surface area contributed by atoms with Crippen LogP contribution in [0.5, 0.6) is 5.75 Å². The molecule has 9 nitrogen and oxygen atoms in total. The molecule has 150 valence electrons. The predicted molar refractivity (Wildman–Crippen MR) is 105 cm³/mol. The zero-order valence-electron chi connectivity index (χ0n) is 15.1. The molecule has 0 fully saturated rings. The van der Waals surface area contributed by atoms with E-state index in [1.165, 1.54) is 0 Å². The van der Waals surface area contributed by atoms with Gasteiger partial charge in [-0.2, -0.15) is 0 Å². The monoisotopic (exact) mass is 416 g/mol. The zero-order chi connectivity index (χ0) is 20.6. The van der Waals surface area contributed by atoms with Gasteiger partial charge in [-0.1, -0.05) is 41.0 Å². The average Bonchev–Trinajstić information content (AvgIpc) is 3.24. The molecule has 1 aromatic heterocycles. The summed E-state index contributed by atoms with van der Waals surface area (Å²) in [6.07, 6.45) is 5.40. The van der Waals surface area contributed by atoms with Crippen LogP contribution in [0, 0.1) is 10.1 Å². The van der Waals surface area contributed by atoms with E-state index < -0.39 is 5.09 Å². The van der Waals surface area contributed by atoms with Crippen LogP contribution in [0.1, 0.15) is 17.2 Å². The number of hydrogen-bond donors (Lipinski definition) is 1. The number of halogens is 1. The smallest absolute Gasteiger partial charge is 0.291 e. The minimum absolute atomic E-state index is 0.0809. The number of oxime groups is 1. The quantitative estimate of drug-likeness (QED) is 0.512. The Labute approximate surface area is 170 Å². The van der Waals surface area contributed by atoms with E-state index in [0.717, 1.165) is 22.6 Å². The van der Waals surface area contributed by atoms with Crippen LogP contribution in [0.2, 0.25) is 5.02 Å². The Balaban J connectivity index is 0.000000552. The van der Waals surface area contributed by atoms with Crippen LogP contribution in [0.4, 0.5) is 0 Å². The second kappa shape index (κ2) is 9.56. The van der Waals surface area contributed by atoms with E-state index in [9.17, 15) is 0 Å². The van der Waals surface area contributed by atoms with Crippen LogP contribution in [0.15, 0.2) is 72.4 Å². The van der Waals surface area contributed by atoms with Gasteiger partial charge in [-0.25, -0.2) is 4.98 Å². The summed E-state index contributed by atoms with van der Waals surface area (Å²) in [5.41, 5.74) is 2.77. The lowest BCUT2D eigenvalue weighted by Gasteiger charge is -2.27. The number of fused-ring (bicyclic) bond motifs is 1. The Morgan fingerprint density at radius 2 is 2.03 bits per heavy atom. The summed E-state index contributed by atoms with van der Waals surface area (Å²) in [5.74, 6) is 0.813. The highest BCUT2D eigenvalue weighted by molar-refractivity contribution is 6.30. The van der Waals surface area contributed by atoms with Gasteiger partial charge in [0, 0.05) is 23.0 Å². The Kier molecular flexibility index (Phi) is 6.64. The fraction of sp³-hybridized carbons (Fsp3) is 0.158. The second-order valence-corrected chi connectivity index (χ2v) is 6.38. The molecule has 1 N–H and O–H groups in total. The van der Waals surface area contributed by atoms with E-state index in [1.54, 1.807) is 12.5 Å². The van der Waals surface area contributed by atoms with E-state index in [-0.39, 0.29) is 6.04 Å². The van der Waals surface area contributed by atoms with E-state index in [2.05, 4.69) is 10.1 Å². The first kappa shape index (κ1) is 20.2. The van der Waals surface area contributed by atoms with Crippen LogP contribution in [-0.4, -0.2) is 32.2 Å². The average molecular weight is 417 g/mol. The Morgan fingerprint density at radius 3 is 2.72 bits per heavy atom. The summed E-state index contributed by atoms with van der Waals surface area (Å²) >= 11 is 5.91. The number of hydrogen-bond acceptors (Lipinski definition) is 6. The molecule has 2 aromatic carbocycles. The highest BCUT2D eigenvalue weighted by Gasteiger charge is 2.28. The second-order valence-electron chi connectivity index (χ2n) is 5.95. The SMILES string of the molecule is Clc1ccc(CO/N=C2\c3ccccc3OCC2n2ccnc2)cc1.O=[N+]([O-])O. The lowest BCUT2D eigenvalue weighted by Crippen LogP contribution is -2.30. The van der Waals surface area contributed by atoms with Crippen LogP contribution in [0.25, 0.3) is 0 Å². The predicted octanol–water partition coefficient (Wildman–Crippen LogP) is 3.74. The summed E-state index contributed by atoms with van der Waals surface area (Å²) in [5, 5.41) is 18.8. The third-order valence-electron chi connectivity index (χ3n) is 4.07. The maximum atomic E-state index is 8.36. The summed E-state index contributed by atoms with van der Waals surface area (Å²) in [4.78, 5) is 18.1. The van der Waals surface area contributed by atoms with Crippen LogP contribution in [-0.2, 0) is 11.4 Å². The summed E-state index contributed by atoms with van der Waals surface area (Å²) in [6.45, 7) is 0.858. The van der Waals surface area contributed by atoms with Crippen molar-refractivity contribution in [2.45, 2.75) is 12.6 Å². The van der Waals surface area contributed by atoms with Crippen molar-refractivity contribution >= 4 is 17.3 Å². The van der Waals surface area contributed by atoms with Gasteiger partial charge >= 0.3 is 0 Å². The molecule has 1 aliphatic rings. The van der Waals surface area contributed by atoms with Gasteiger partial charge in [0.1, 0.15) is 30.7 Å². The summed E-state index contributed by atoms with van der Waals surface area (Å²) < 4.78 is 7.84. The number of nitrogens with zero attached hydrogens (tertiary/aromatic N) is 4. The maximum absolute atomic E-state index is 8.36. The van der Waals surface area contributed by atoms with E-state index in [1.807, 2.05) is 59.3 Å². The topological polar surface area (TPSA) is 112 Å². The Hall–Kier alpha value is -3.59. The van der Waals surface area contributed by atoms with E-state index in [4.69, 9.17) is 36.5 Å². The minimum atomic E-state index is -1.50. The van der Waals surface area contributed by atoms with Crippen molar-refractivity contribution in [3.8, 4) is 5.75 Å². The van der Waals surface area contributed by atoms with Gasteiger partial charge in [0.15, 0.2) is 0 Å². The van der Waals surface area contributed by atoms with Crippen LogP contribution < -0.4 is 4.74 Å². The molecule has 3 aromatic rings. The first-order valence-electron chi connectivity index (χ1n) is 8.52. The third-order valence-corrected chi connectivity index (χ3v) is 4.32. The van der Waals surface area contributed by atoms with Crippen molar-refractivity contribution < 1.29 is 19.9 Å². The molecule has 0 saturated carbocycles. The molecule has 2 heterocycles. The number of aromatic nitrogens is 2. The summed E-state index contributed by atoms with van der Waals surface area (Å²) in [6, 6.07) is 15.3. The zero-order valence-corrected chi connectivity index (χ0v) is 15.8. The molecular formula is C19H17ClN4O5. The van der Waals surface area contributed by atoms with Crippen molar-refractivity contribution in [2.24, 2.45) is 5.16 Å². The molecule has 0 aliphatic carbocycles. The maximum Gasteiger partial charge on any atom is 0.291 e. The van der Waals surface area contributed by atoms with Gasteiger partial charge in [-0.05, 0) is 29.8 Å². The molecule has 0 radical (unpaired) electrons. The first-order chi connectivity index (χ1) is 14.0. The largest absolute Gasteiger partial charge is 0.490 e. The number of para-hydroxylation sites is 1. The minimum Gasteiger partial charge on any atom is -0.490 e. The van der Waals surface area contributed by atoms with Gasteiger partial charge in [0.25, 0.3) is 5.09 Å². The van der Waals surface area contributed by atoms with Crippen molar-refractivity contribution in [1.82, 2.24) is 9.55 Å². The standard InChI is InChI=1S/C19H16ClN3O2.HNO3/c20-15-7-5-14(6-8-15)11-25-22-19-16-3-1-2-4-18(16)24-12-17(19)23-10-9-21-13-23;2-1(3)4/h1-10,13,17H,11-12H2;(H,2,3,4)/b22-19+;. The molecule has 0 spiro atoms. The molecule has 1 atom stereocenters. The first-order valence-corrected chi connectivity index (χ1v) is 8.89. The molecule has 0 amide bonds. The van der Waals surface area contributed by atoms with Crippen molar-refractivity contribution in [1.29, 1.82) is 0 Å². The third kappa shape index (κ3) is 5.45. The van der Waals surface area contributed by atoms with Crippen molar-refractivity contribution in [2.75, 3.05) is 6.61 Å². The summed E-state index contributed by atoms with van der Waals surface area (Å²) in [7, 11) is 0. The normalized spacial score (nSPS) is 16.2. The molecule has 29 heavy (non-hydrogen) atoms. The van der Waals surface area contributed by atoms with Gasteiger partial charge in [0.05, 0.1) is 6.33 Å². The highest BCUT2D eigenvalue weighted by Crippen LogP contribution is 2.30. The fourth-order valence-electron chi connectivity index (χ4n) is 2.78. The van der Waals surface area contributed by atoms with E-state index in [0.29, 0.717) is 18.2 Å². The van der Waals surface area contributed by atoms with Crippen molar-refractivity contribution in [3.05, 3.63) is 93.5 Å². The molecule has 0 bridgehead atoms. The highest BCUT2D eigenvalue weighted by atomic mass is 35.5. The molecular weight excluding hydrogens is 400 g/mol. The molecule has 1 unspecified atom stereocenters. The number of rotatable bonds is 4. The van der Waals surface area contributed by atoms with Crippen LogP contribution >= 0.6 is 11.6 Å². The Morgan fingerprint density at radius 1 is 1.31 bits per heavy atom. The van der Waals surface area contributed by atoms with Crippen LogP contribution in [0.3, 0.4) is 0 Å². The number of imidazole rings is 1. The fourth-order valence-corrected chi connectivity index (χ4v) is 2.91. The Bertz CT molecular complexity index is 973. The van der Waals surface area contributed by atoms with Gasteiger partial charge in [-0.3, -0.25) is 0 Å². The van der Waals surface area contributed by atoms with Gasteiger partial charge in [-0.15, -0.1) is 10.1 Å².